The SMILES string of the molecule is CCC(C)Oc1[c-]c2ccccc2cc1.[Br-].[Mg+2]. The van der Waals surface area contributed by atoms with Crippen molar-refractivity contribution < 1.29 is 21.7 Å². The number of fused-ring (bicyclic) bond motifs is 1. The van der Waals surface area contributed by atoms with E-state index < -0.39 is 0 Å². The Hall–Kier alpha value is -0.254. The minimum absolute atomic E-state index is 0. The van der Waals surface area contributed by atoms with Crippen LogP contribution in [0.2, 0.25) is 0 Å². The first-order chi connectivity index (χ1) is 7.29. The zero-order valence-corrected chi connectivity index (χ0v) is 13.2. The van der Waals surface area contributed by atoms with Gasteiger partial charge in [0.2, 0.25) is 0 Å². The maximum atomic E-state index is 5.72. The van der Waals surface area contributed by atoms with Gasteiger partial charge in [-0.15, -0.1) is 35.0 Å². The molecule has 2 aromatic rings. The predicted octanol–water partition coefficient (Wildman–Crippen LogP) is 0.440. The van der Waals surface area contributed by atoms with E-state index in [1.165, 1.54) is 5.39 Å². The van der Waals surface area contributed by atoms with Crippen LogP contribution in [0.3, 0.4) is 0 Å². The first-order valence-corrected chi connectivity index (χ1v) is 5.37. The molecule has 3 heteroatoms. The molecule has 0 heterocycles. The van der Waals surface area contributed by atoms with E-state index in [9.17, 15) is 0 Å². The molecule has 0 aliphatic carbocycles. The molecule has 0 spiro atoms. The van der Waals surface area contributed by atoms with Crippen molar-refractivity contribution in [2.75, 3.05) is 0 Å². The number of hydrogen-bond acceptors (Lipinski definition) is 1. The van der Waals surface area contributed by atoms with Crippen LogP contribution in [0.1, 0.15) is 20.3 Å². The average Bonchev–Trinajstić information content (AvgIpc) is 2.29. The van der Waals surface area contributed by atoms with Gasteiger partial charge in [0.25, 0.3) is 0 Å². The quantitative estimate of drug-likeness (QED) is 0.591. The van der Waals surface area contributed by atoms with Gasteiger partial charge in [-0.25, -0.2) is 0 Å². The molecule has 0 aromatic heterocycles. The van der Waals surface area contributed by atoms with Gasteiger partial charge in [-0.3, -0.25) is 0 Å². The molecule has 0 saturated carbocycles. The van der Waals surface area contributed by atoms with Gasteiger partial charge in [0, 0.05) is 5.75 Å². The van der Waals surface area contributed by atoms with Gasteiger partial charge in [0.15, 0.2) is 0 Å². The van der Waals surface area contributed by atoms with Gasteiger partial charge in [-0.05, 0) is 13.3 Å². The largest absolute Gasteiger partial charge is 2.00 e. The van der Waals surface area contributed by atoms with Gasteiger partial charge in [-0.2, -0.15) is 0 Å². The van der Waals surface area contributed by atoms with E-state index in [1.54, 1.807) is 0 Å². The molecule has 2 aromatic carbocycles. The van der Waals surface area contributed by atoms with Gasteiger partial charge in [0.1, 0.15) is 0 Å². The molecule has 0 bridgehead atoms. The van der Waals surface area contributed by atoms with E-state index in [0.29, 0.717) is 0 Å². The van der Waals surface area contributed by atoms with E-state index in [2.05, 4.69) is 38.1 Å². The Balaban J connectivity index is 0.00000128. The monoisotopic (exact) mass is 302 g/mol. The van der Waals surface area contributed by atoms with Crippen LogP contribution < -0.4 is 21.7 Å². The fourth-order valence-electron chi connectivity index (χ4n) is 1.46. The van der Waals surface area contributed by atoms with Crippen LogP contribution >= 0.6 is 0 Å². The van der Waals surface area contributed by atoms with Crippen LogP contribution in [0.5, 0.6) is 5.75 Å². The molecule has 2 rings (SSSR count). The molecular formula is C14H15BrMgO. The molecule has 0 aliphatic rings. The minimum Gasteiger partial charge on any atom is -1.00 e. The summed E-state index contributed by atoms with van der Waals surface area (Å²) in [7, 11) is 0. The third-order valence-corrected chi connectivity index (χ3v) is 2.54. The summed E-state index contributed by atoms with van der Waals surface area (Å²) in [6, 6.07) is 15.5. The van der Waals surface area contributed by atoms with Crippen molar-refractivity contribution in [1.82, 2.24) is 0 Å². The Morgan fingerprint density at radius 1 is 1.18 bits per heavy atom. The summed E-state index contributed by atoms with van der Waals surface area (Å²) < 4.78 is 5.72. The normalized spacial score (nSPS) is 11.2. The Morgan fingerprint density at radius 2 is 1.88 bits per heavy atom. The van der Waals surface area contributed by atoms with Crippen LogP contribution in [-0.4, -0.2) is 29.2 Å². The van der Waals surface area contributed by atoms with E-state index in [0.717, 1.165) is 17.6 Å². The number of ether oxygens (including phenoxy) is 1. The van der Waals surface area contributed by atoms with Crippen LogP contribution in [0.15, 0.2) is 36.4 Å². The Morgan fingerprint density at radius 3 is 2.59 bits per heavy atom. The van der Waals surface area contributed by atoms with E-state index in [1.807, 2.05) is 18.2 Å². The smallest absolute Gasteiger partial charge is 1.00 e. The van der Waals surface area contributed by atoms with Crippen molar-refractivity contribution in [2.45, 2.75) is 26.4 Å². The predicted molar refractivity (Wildman–Crippen MR) is 68.9 cm³/mol. The zero-order valence-electron chi connectivity index (χ0n) is 10.2. The van der Waals surface area contributed by atoms with Crippen molar-refractivity contribution in [1.29, 1.82) is 0 Å². The van der Waals surface area contributed by atoms with Crippen molar-refractivity contribution >= 4 is 33.8 Å². The fraction of sp³-hybridized carbons (Fsp3) is 0.286. The molecular weight excluding hydrogens is 288 g/mol. The zero-order chi connectivity index (χ0) is 10.7. The van der Waals surface area contributed by atoms with Gasteiger partial charge in [0.05, 0.1) is 6.10 Å². The van der Waals surface area contributed by atoms with Crippen LogP contribution in [-0.2, 0) is 0 Å². The number of rotatable bonds is 3. The third kappa shape index (κ3) is 4.49. The summed E-state index contributed by atoms with van der Waals surface area (Å²) in [5.41, 5.74) is 0. The van der Waals surface area contributed by atoms with Crippen molar-refractivity contribution in [3.05, 3.63) is 42.5 Å². The molecule has 1 atom stereocenters. The molecule has 0 saturated heterocycles. The van der Waals surface area contributed by atoms with Crippen LogP contribution in [0.25, 0.3) is 10.8 Å². The van der Waals surface area contributed by atoms with E-state index in [4.69, 9.17) is 4.74 Å². The van der Waals surface area contributed by atoms with Gasteiger partial charge >= 0.3 is 23.1 Å². The molecule has 1 nitrogen and oxygen atoms in total. The molecule has 0 amide bonds. The standard InChI is InChI=1S/C14H15O.BrH.Mg/c1-3-11(2)15-14-9-8-12-6-4-5-7-13(12)10-14;;/h4-9,11H,3H2,1-2H3;1H;/q-1;;+2/p-1. The molecule has 1 unspecified atom stereocenters. The Kier molecular flexibility index (Phi) is 7.84. The summed E-state index contributed by atoms with van der Waals surface area (Å²) >= 11 is 0. The second-order valence-electron chi connectivity index (χ2n) is 3.75. The van der Waals surface area contributed by atoms with Crippen molar-refractivity contribution in [3.63, 3.8) is 0 Å². The molecule has 86 valence electrons. The van der Waals surface area contributed by atoms with Crippen LogP contribution in [0, 0.1) is 6.07 Å². The molecule has 0 aliphatic heterocycles. The fourth-order valence-corrected chi connectivity index (χ4v) is 1.46. The molecule has 0 radical (unpaired) electrons. The number of halogens is 1. The van der Waals surface area contributed by atoms with E-state index >= 15 is 0 Å². The molecule has 0 N–H and O–H groups in total. The van der Waals surface area contributed by atoms with Gasteiger partial charge in [-0.1, -0.05) is 25.1 Å². The number of benzene rings is 2. The maximum Gasteiger partial charge on any atom is 2.00 e. The summed E-state index contributed by atoms with van der Waals surface area (Å²) in [6.07, 6.45) is 1.27. The van der Waals surface area contributed by atoms with Gasteiger partial charge < -0.3 is 21.7 Å². The summed E-state index contributed by atoms with van der Waals surface area (Å²) in [4.78, 5) is 0. The van der Waals surface area contributed by atoms with Crippen LogP contribution in [0.4, 0.5) is 0 Å². The number of hydrogen-bond donors (Lipinski definition) is 0. The van der Waals surface area contributed by atoms with Crippen molar-refractivity contribution in [2.24, 2.45) is 0 Å². The molecule has 17 heavy (non-hydrogen) atoms. The summed E-state index contributed by atoms with van der Waals surface area (Å²) in [5.74, 6) is 0.836. The summed E-state index contributed by atoms with van der Waals surface area (Å²) in [6.45, 7) is 4.19. The Bertz CT molecular complexity index is 459. The van der Waals surface area contributed by atoms with E-state index in [-0.39, 0.29) is 46.1 Å². The first-order valence-electron chi connectivity index (χ1n) is 5.37. The second-order valence-corrected chi connectivity index (χ2v) is 3.75. The summed E-state index contributed by atoms with van der Waals surface area (Å²) in [5, 5.41) is 2.31. The first kappa shape index (κ1) is 16.7. The third-order valence-electron chi connectivity index (χ3n) is 2.54. The van der Waals surface area contributed by atoms with Crippen molar-refractivity contribution in [3.8, 4) is 5.75 Å². The maximum absolute atomic E-state index is 5.72. The molecule has 0 fully saturated rings. The Labute approximate surface area is 129 Å². The average molecular weight is 303 g/mol. The topological polar surface area (TPSA) is 9.23 Å². The second kappa shape index (κ2) is 7.96. The minimum atomic E-state index is 0.